The van der Waals surface area contributed by atoms with Gasteiger partial charge in [-0.25, -0.2) is 15.1 Å². The predicted molar refractivity (Wildman–Crippen MR) is 93.2 cm³/mol. The molecule has 0 spiro atoms. The number of rotatable bonds is 5. The number of hydrogen-bond acceptors (Lipinski definition) is 6. The second-order valence-corrected chi connectivity index (χ2v) is 6.87. The van der Waals surface area contributed by atoms with Gasteiger partial charge >= 0.3 is 0 Å². The molecular formula is C17H25N7. The average molecular weight is 327 g/mol. The lowest BCUT2D eigenvalue weighted by Gasteiger charge is -2.40. The second kappa shape index (κ2) is 5.98. The van der Waals surface area contributed by atoms with Crippen LogP contribution in [0.15, 0.2) is 35.6 Å². The molecule has 3 aliphatic rings. The monoisotopic (exact) mass is 327 g/mol. The maximum absolute atomic E-state index is 4.91. The Hall–Kier alpha value is -2.28. The Bertz CT molecular complexity index is 700. The molecule has 0 aromatic carbocycles. The van der Waals surface area contributed by atoms with Gasteiger partial charge in [0.25, 0.3) is 0 Å². The van der Waals surface area contributed by atoms with Gasteiger partial charge in [0.05, 0.1) is 30.2 Å². The highest BCUT2D eigenvalue weighted by molar-refractivity contribution is 6.01. The van der Waals surface area contributed by atoms with Crippen molar-refractivity contribution in [2.24, 2.45) is 11.0 Å². The molecule has 1 aromatic heterocycles. The smallest absolute Gasteiger partial charge is 0.198 e. The molecule has 4 rings (SSSR count). The maximum Gasteiger partial charge on any atom is 0.198 e. The van der Waals surface area contributed by atoms with E-state index in [9.17, 15) is 0 Å². The summed E-state index contributed by atoms with van der Waals surface area (Å²) in [5.41, 5.74) is 3.26. The van der Waals surface area contributed by atoms with Crippen LogP contribution in [0.5, 0.6) is 0 Å². The summed E-state index contributed by atoms with van der Waals surface area (Å²) in [6.45, 7) is 8.54. The number of dihydropyridines is 1. The molecular weight excluding hydrogens is 302 g/mol. The van der Waals surface area contributed by atoms with Gasteiger partial charge in [-0.1, -0.05) is 33.3 Å². The van der Waals surface area contributed by atoms with Gasteiger partial charge in [0, 0.05) is 12.7 Å². The fraction of sp³-hybridized carbons (Fsp3) is 0.529. The van der Waals surface area contributed by atoms with E-state index >= 15 is 0 Å². The highest BCUT2D eigenvalue weighted by atomic mass is 16.0. The van der Waals surface area contributed by atoms with Crippen molar-refractivity contribution in [1.82, 2.24) is 30.5 Å². The van der Waals surface area contributed by atoms with Gasteiger partial charge in [-0.05, 0) is 18.5 Å². The van der Waals surface area contributed by atoms with E-state index in [0.29, 0.717) is 5.92 Å². The van der Waals surface area contributed by atoms with Gasteiger partial charge in [0.1, 0.15) is 5.69 Å². The Balaban J connectivity index is 1.77. The number of hydrazine groups is 2. The third-order valence-corrected chi connectivity index (χ3v) is 4.52. The van der Waals surface area contributed by atoms with E-state index in [0.717, 1.165) is 43.2 Å². The summed E-state index contributed by atoms with van der Waals surface area (Å²) in [7, 11) is 0. The van der Waals surface area contributed by atoms with Crippen molar-refractivity contribution >= 4 is 5.84 Å². The summed E-state index contributed by atoms with van der Waals surface area (Å²) in [6.07, 6.45) is 10.3. The predicted octanol–water partition coefficient (Wildman–Crippen LogP) is 2.33. The molecule has 7 nitrogen and oxygen atoms in total. The SMILES string of the molecule is CCCCN1N=C2c3nc[nH]c3C3C=CNC=C3N2N1CC(C)C. The van der Waals surface area contributed by atoms with Crippen molar-refractivity contribution in [3.8, 4) is 0 Å². The van der Waals surface area contributed by atoms with E-state index in [4.69, 9.17) is 5.10 Å². The van der Waals surface area contributed by atoms with Crippen LogP contribution in [0.4, 0.5) is 0 Å². The average Bonchev–Trinajstić information content (AvgIpc) is 3.18. The van der Waals surface area contributed by atoms with E-state index in [2.05, 4.69) is 63.6 Å². The van der Waals surface area contributed by atoms with Crippen LogP contribution < -0.4 is 5.32 Å². The number of unbranched alkanes of at least 4 members (excludes halogenated alkanes) is 1. The summed E-state index contributed by atoms with van der Waals surface area (Å²) >= 11 is 0. The minimum absolute atomic E-state index is 0.184. The van der Waals surface area contributed by atoms with Gasteiger partial charge in [-0.15, -0.1) is 10.2 Å². The molecule has 0 saturated heterocycles. The fourth-order valence-electron chi connectivity index (χ4n) is 3.42. The zero-order chi connectivity index (χ0) is 16.7. The minimum atomic E-state index is 0.184. The third-order valence-electron chi connectivity index (χ3n) is 4.52. The van der Waals surface area contributed by atoms with Gasteiger partial charge in [-0.3, -0.25) is 0 Å². The maximum atomic E-state index is 4.91. The van der Waals surface area contributed by atoms with Crippen molar-refractivity contribution in [2.75, 3.05) is 13.1 Å². The van der Waals surface area contributed by atoms with Gasteiger partial charge in [-0.2, -0.15) is 0 Å². The summed E-state index contributed by atoms with van der Waals surface area (Å²) in [5, 5.41) is 14.8. The zero-order valence-electron chi connectivity index (χ0n) is 14.5. The van der Waals surface area contributed by atoms with E-state index < -0.39 is 0 Å². The molecule has 1 aromatic rings. The first kappa shape index (κ1) is 15.3. The van der Waals surface area contributed by atoms with E-state index in [1.165, 1.54) is 5.70 Å². The van der Waals surface area contributed by atoms with E-state index in [-0.39, 0.29) is 5.92 Å². The quantitative estimate of drug-likeness (QED) is 0.869. The molecule has 0 aliphatic carbocycles. The molecule has 24 heavy (non-hydrogen) atoms. The van der Waals surface area contributed by atoms with Crippen LogP contribution in [0.2, 0.25) is 0 Å². The van der Waals surface area contributed by atoms with Crippen molar-refractivity contribution in [3.63, 3.8) is 0 Å². The summed E-state index contributed by atoms with van der Waals surface area (Å²) in [4.78, 5) is 7.86. The second-order valence-electron chi connectivity index (χ2n) is 6.87. The summed E-state index contributed by atoms with van der Waals surface area (Å²) in [5.74, 6) is 1.64. The normalized spacial score (nSPS) is 22.1. The molecule has 1 atom stereocenters. The number of fused-ring (bicyclic) bond motifs is 6. The standard InChI is InChI=1S/C17H25N7/c1-4-5-8-22-21-17-16-15(19-11-20-16)13-6-7-18-9-14(13)24(17)23(22)10-12(2)3/h6-7,9,11-13,18H,4-5,8,10H2,1-3H3,(H,19,20). The first-order valence-corrected chi connectivity index (χ1v) is 8.80. The van der Waals surface area contributed by atoms with Crippen LogP contribution in [0.3, 0.4) is 0 Å². The molecule has 128 valence electrons. The number of allylic oxidation sites excluding steroid dienone is 1. The Labute approximate surface area is 142 Å². The molecule has 0 bridgehead atoms. The molecule has 7 heteroatoms. The number of aromatic amines is 1. The Morgan fingerprint density at radius 1 is 1.33 bits per heavy atom. The number of nitrogens with zero attached hydrogens (tertiary/aromatic N) is 5. The molecule has 1 unspecified atom stereocenters. The van der Waals surface area contributed by atoms with Gasteiger partial charge in [0.2, 0.25) is 0 Å². The largest absolute Gasteiger partial charge is 0.366 e. The molecule has 0 fully saturated rings. The van der Waals surface area contributed by atoms with Crippen molar-refractivity contribution in [1.29, 1.82) is 0 Å². The molecule has 3 aliphatic heterocycles. The number of imidazole rings is 1. The lowest BCUT2D eigenvalue weighted by atomic mass is 9.94. The van der Waals surface area contributed by atoms with Crippen LogP contribution in [0, 0.1) is 5.92 Å². The molecule has 0 amide bonds. The van der Waals surface area contributed by atoms with Gasteiger partial charge < -0.3 is 10.3 Å². The Morgan fingerprint density at radius 2 is 2.21 bits per heavy atom. The number of hydrogen-bond donors (Lipinski definition) is 2. The Kier molecular flexibility index (Phi) is 3.80. The van der Waals surface area contributed by atoms with E-state index in [1.54, 1.807) is 6.33 Å². The first-order valence-electron chi connectivity index (χ1n) is 8.80. The fourth-order valence-corrected chi connectivity index (χ4v) is 3.42. The highest BCUT2D eigenvalue weighted by Crippen LogP contribution is 2.40. The molecule has 4 heterocycles. The van der Waals surface area contributed by atoms with Crippen molar-refractivity contribution < 1.29 is 0 Å². The van der Waals surface area contributed by atoms with Gasteiger partial charge in [0.15, 0.2) is 5.84 Å². The van der Waals surface area contributed by atoms with E-state index in [1.807, 2.05) is 6.20 Å². The van der Waals surface area contributed by atoms with Crippen LogP contribution >= 0.6 is 0 Å². The van der Waals surface area contributed by atoms with Crippen LogP contribution in [0.25, 0.3) is 0 Å². The Morgan fingerprint density at radius 3 is 3.00 bits per heavy atom. The number of hydrazone groups is 1. The number of aromatic nitrogens is 2. The molecule has 0 saturated carbocycles. The number of amidine groups is 1. The van der Waals surface area contributed by atoms with Crippen molar-refractivity contribution in [3.05, 3.63) is 41.9 Å². The minimum Gasteiger partial charge on any atom is -0.366 e. The highest BCUT2D eigenvalue weighted by Gasteiger charge is 2.44. The topological polar surface area (TPSA) is 62.8 Å². The number of H-pyrrole nitrogens is 1. The summed E-state index contributed by atoms with van der Waals surface area (Å²) in [6, 6.07) is 0. The number of nitrogens with one attached hydrogen (secondary N) is 2. The lowest BCUT2D eigenvalue weighted by molar-refractivity contribution is -0.117. The summed E-state index contributed by atoms with van der Waals surface area (Å²) < 4.78 is 0. The van der Waals surface area contributed by atoms with Crippen LogP contribution in [0.1, 0.15) is 50.9 Å². The zero-order valence-corrected chi connectivity index (χ0v) is 14.5. The lowest BCUT2D eigenvalue weighted by Crippen LogP contribution is -2.51. The molecule has 2 N–H and O–H groups in total. The van der Waals surface area contributed by atoms with Crippen molar-refractivity contribution in [2.45, 2.75) is 39.5 Å². The first-order chi connectivity index (χ1) is 11.7. The third kappa shape index (κ3) is 2.31. The molecule has 0 radical (unpaired) electrons. The van der Waals surface area contributed by atoms with Crippen LogP contribution in [-0.2, 0) is 0 Å². The van der Waals surface area contributed by atoms with Crippen LogP contribution in [-0.4, -0.2) is 44.1 Å².